The van der Waals surface area contributed by atoms with E-state index in [2.05, 4.69) is 38.5 Å². The van der Waals surface area contributed by atoms with Crippen molar-refractivity contribution >= 4 is 55.9 Å². The summed E-state index contributed by atoms with van der Waals surface area (Å²) < 4.78 is 0.916. The molecular formula is C9H7BrClIO. The first-order valence-corrected chi connectivity index (χ1v) is 6.27. The van der Waals surface area contributed by atoms with Crippen LogP contribution in [0.25, 0.3) is 0 Å². The van der Waals surface area contributed by atoms with Crippen LogP contribution in [0.3, 0.4) is 0 Å². The van der Waals surface area contributed by atoms with Gasteiger partial charge in [0.05, 0.1) is 5.02 Å². The van der Waals surface area contributed by atoms with Gasteiger partial charge in [-0.2, -0.15) is 0 Å². The van der Waals surface area contributed by atoms with Gasteiger partial charge in [-0.05, 0) is 40.8 Å². The molecule has 0 amide bonds. The van der Waals surface area contributed by atoms with Gasteiger partial charge in [0, 0.05) is 20.9 Å². The summed E-state index contributed by atoms with van der Waals surface area (Å²) in [6.07, 6.45) is 0.526. The zero-order chi connectivity index (χ0) is 9.84. The Morgan fingerprint density at radius 3 is 2.77 bits per heavy atom. The molecule has 0 fully saturated rings. The number of Topliss-reactive ketones (excluding diaryl/α,β-unsaturated/α-hetero) is 1. The number of carbonyl (C=O) groups is 1. The Labute approximate surface area is 104 Å². The molecule has 0 N–H and O–H groups in total. The summed E-state index contributed by atoms with van der Waals surface area (Å²) in [6, 6.07) is 5.33. The molecule has 0 aliphatic rings. The molecule has 0 radical (unpaired) electrons. The minimum atomic E-state index is 0.145. The maximum absolute atomic E-state index is 11.4. The van der Waals surface area contributed by atoms with E-state index in [9.17, 15) is 4.79 Å². The van der Waals surface area contributed by atoms with Gasteiger partial charge in [0.2, 0.25) is 0 Å². The van der Waals surface area contributed by atoms with Crippen LogP contribution in [-0.2, 0) is 0 Å². The van der Waals surface area contributed by atoms with Crippen LogP contribution in [-0.4, -0.2) is 11.1 Å². The predicted molar refractivity (Wildman–Crippen MR) is 66.9 cm³/mol. The fourth-order valence-electron chi connectivity index (χ4n) is 0.900. The lowest BCUT2D eigenvalue weighted by Crippen LogP contribution is -1.99. The first kappa shape index (κ1) is 11.5. The number of alkyl halides is 1. The average Bonchev–Trinajstić information content (AvgIpc) is 2.10. The third-order valence-corrected chi connectivity index (χ3v) is 3.50. The van der Waals surface area contributed by atoms with Crippen LogP contribution in [0.1, 0.15) is 16.8 Å². The van der Waals surface area contributed by atoms with Crippen LogP contribution in [0.2, 0.25) is 5.02 Å². The van der Waals surface area contributed by atoms with Gasteiger partial charge >= 0.3 is 0 Å². The van der Waals surface area contributed by atoms with Crippen molar-refractivity contribution < 1.29 is 4.79 Å². The van der Waals surface area contributed by atoms with Crippen molar-refractivity contribution in [3.05, 3.63) is 32.4 Å². The highest BCUT2D eigenvalue weighted by molar-refractivity contribution is 14.1. The van der Waals surface area contributed by atoms with Gasteiger partial charge in [0.15, 0.2) is 5.78 Å². The first-order valence-electron chi connectivity index (χ1n) is 3.69. The van der Waals surface area contributed by atoms with E-state index in [0.29, 0.717) is 16.8 Å². The van der Waals surface area contributed by atoms with Crippen LogP contribution in [0.4, 0.5) is 0 Å². The van der Waals surface area contributed by atoms with Gasteiger partial charge in [-0.25, -0.2) is 0 Å². The summed E-state index contributed by atoms with van der Waals surface area (Å²) in [6.45, 7) is 0. The Balaban J connectivity index is 2.90. The SMILES string of the molecule is O=C(CCBr)c1ccc(Cl)c(I)c1. The van der Waals surface area contributed by atoms with Gasteiger partial charge in [-0.15, -0.1) is 0 Å². The van der Waals surface area contributed by atoms with Crippen molar-refractivity contribution in [3.8, 4) is 0 Å². The molecule has 0 saturated carbocycles. The summed E-state index contributed by atoms with van der Waals surface area (Å²) >= 11 is 11.2. The second-order valence-corrected chi connectivity index (χ2v) is 4.85. The molecule has 1 aromatic rings. The molecule has 13 heavy (non-hydrogen) atoms. The largest absolute Gasteiger partial charge is 0.294 e. The molecular weight excluding hydrogens is 366 g/mol. The van der Waals surface area contributed by atoms with Gasteiger partial charge < -0.3 is 0 Å². The molecule has 0 saturated heterocycles. The van der Waals surface area contributed by atoms with E-state index < -0.39 is 0 Å². The standard InChI is InChI=1S/C9H7BrClIO/c10-4-3-9(13)6-1-2-7(11)8(12)5-6/h1-2,5H,3-4H2. The van der Waals surface area contributed by atoms with Crippen molar-refractivity contribution in [2.75, 3.05) is 5.33 Å². The summed E-state index contributed by atoms with van der Waals surface area (Å²) in [4.78, 5) is 11.4. The summed E-state index contributed by atoms with van der Waals surface area (Å²) in [5, 5.41) is 1.39. The fraction of sp³-hybridized carbons (Fsp3) is 0.222. The molecule has 4 heteroatoms. The maximum atomic E-state index is 11.4. The Hall–Kier alpha value is 0.390. The fourth-order valence-corrected chi connectivity index (χ4v) is 1.89. The number of hydrogen-bond donors (Lipinski definition) is 0. The molecule has 0 spiro atoms. The maximum Gasteiger partial charge on any atom is 0.163 e. The van der Waals surface area contributed by atoms with Crippen molar-refractivity contribution in [1.82, 2.24) is 0 Å². The van der Waals surface area contributed by atoms with Crippen LogP contribution >= 0.6 is 50.1 Å². The minimum Gasteiger partial charge on any atom is -0.294 e. The zero-order valence-electron chi connectivity index (χ0n) is 6.69. The third-order valence-electron chi connectivity index (χ3n) is 1.56. The van der Waals surface area contributed by atoms with E-state index in [-0.39, 0.29) is 5.78 Å². The molecule has 1 aromatic carbocycles. The highest BCUT2D eigenvalue weighted by Crippen LogP contribution is 2.20. The molecule has 1 nitrogen and oxygen atoms in total. The summed E-state index contributed by atoms with van der Waals surface area (Å²) in [7, 11) is 0. The lowest BCUT2D eigenvalue weighted by Gasteiger charge is -2.00. The Kier molecular flexibility index (Phi) is 4.69. The normalized spacial score (nSPS) is 10.1. The molecule has 0 bridgehead atoms. The predicted octanol–water partition coefficient (Wildman–Crippen LogP) is 3.91. The van der Waals surface area contributed by atoms with E-state index in [1.165, 1.54) is 0 Å². The van der Waals surface area contributed by atoms with Crippen LogP contribution < -0.4 is 0 Å². The van der Waals surface area contributed by atoms with Gasteiger partial charge in [-0.3, -0.25) is 4.79 Å². The average molecular weight is 373 g/mol. The second kappa shape index (κ2) is 5.32. The zero-order valence-corrected chi connectivity index (χ0v) is 11.2. The quantitative estimate of drug-likeness (QED) is 0.446. The number of carbonyl (C=O) groups excluding carboxylic acids is 1. The minimum absolute atomic E-state index is 0.145. The number of benzene rings is 1. The molecule has 0 atom stereocenters. The van der Waals surface area contributed by atoms with E-state index in [1.54, 1.807) is 12.1 Å². The second-order valence-electron chi connectivity index (χ2n) is 2.49. The molecule has 0 aliphatic carbocycles. The van der Waals surface area contributed by atoms with Crippen LogP contribution in [0, 0.1) is 3.57 Å². The lowest BCUT2D eigenvalue weighted by molar-refractivity contribution is 0.0990. The lowest BCUT2D eigenvalue weighted by atomic mass is 10.1. The van der Waals surface area contributed by atoms with Crippen molar-refractivity contribution in [2.45, 2.75) is 6.42 Å². The Bertz CT molecular complexity index is 327. The van der Waals surface area contributed by atoms with Crippen LogP contribution in [0.15, 0.2) is 18.2 Å². The first-order chi connectivity index (χ1) is 6.15. The summed E-state index contributed by atoms with van der Waals surface area (Å²) in [5.41, 5.74) is 0.730. The summed E-state index contributed by atoms with van der Waals surface area (Å²) in [5.74, 6) is 0.145. The van der Waals surface area contributed by atoms with Crippen LogP contribution in [0.5, 0.6) is 0 Å². The molecule has 0 aliphatic heterocycles. The Morgan fingerprint density at radius 2 is 2.23 bits per heavy atom. The monoisotopic (exact) mass is 372 g/mol. The van der Waals surface area contributed by atoms with Crippen molar-refractivity contribution in [1.29, 1.82) is 0 Å². The van der Waals surface area contributed by atoms with E-state index in [0.717, 1.165) is 9.13 Å². The molecule has 1 rings (SSSR count). The van der Waals surface area contributed by atoms with E-state index >= 15 is 0 Å². The van der Waals surface area contributed by atoms with Gasteiger partial charge in [0.1, 0.15) is 0 Å². The molecule has 0 aromatic heterocycles. The molecule has 0 heterocycles. The molecule has 0 unspecified atom stereocenters. The number of ketones is 1. The Morgan fingerprint density at radius 1 is 1.54 bits per heavy atom. The van der Waals surface area contributed by atoms with Gasteiger partial charge in [0.25, 0.3) is 0 Å². The van der Waals surface area contributed by atoms with Crippen molar-refractivity contribution in [2.24, 2.45) is 0 Å². The highest BCUT2D eigenvalue weighted by atomic mass is 127. The number of rotatable bonds is 3. The topological polar surface area (TPSA) is 17.1 Å². The van der Waals surface area contributed by atoms with Crippen molar-refractivity contribution in [3.63, 3.8) is 0 Å². The third kappa shape index (κ3) is 3.22. The molecule has 70 valence electrons. The highest BCUT2D eigenvalue weighted by Gasteiger charge is 2.06. The van der Waals surface area contributed by atoms with E-state index in [1.807, 2.05) is 6.07 Å². The number of hydrogen-bond acceptors (Lipinski definition) is 1. The number of halogens is 3. The van der Waals surface area contributed by atoms with Gasteiger partial charge in [-0.1, -0.05) is 27.5 Å². The van der Waals surface area contributed by atoms with E-state index in [4.69, 9.17) is 11.6 Å². The smallest absolute Gasteiger partial charge is 0.163 e.